The standard InChI is InChI=1S/C21H17N5O5/c1-13-16(11-22)20(27)25(2)21(28)19(13)24-23-17-9-8-15(10-18(17)26(29)30)31-12-14-6-4-3-5-7-14/h3-10,27H,12H2,1-2H3. The van der Waals surface area contributed by atoms with Gasteiger partial charge in [0.05, 0.1) is 11.0 Å². The van der Waals surface area contributed by atoms with E-state index in [1.54, 1.807) is 6.07 Å². The van der Waals surface area contributed by atoms with Crippen LogP contribution < -0.4 is 10.3 Å². The van der Waals surface area contributed by atoms with Gasteiger partial charge in [0, 0.05) is 12.6 Å². The number of azo groups is 1. The number of nitrogens with zero attached hydrogens (tertiary/aromatic N) is 5. The normalized spacial score (nSPS) is 10.7. The molecule has 10 nitrogen and oxygen atoms in total. The maximum Gasteiger partial charge on any atom is 0.300 e. The number of aromatic hydroxyl groups is 1. The molecule has 0 radical (unpaired) electrons. The molecule has 156 valence electrons. The van der Waals surface area contributed by atoms with Crippen LogP contribution in [0.5, 0.6) is 11.6 Å². The first kappa shape index (κ1) is 21.2. The minimum absolute atomic E-state index is 0.0925. The minimum Gasteiger partial charge on any atom is -0.493 e. The molecule has 1 heterocycles. The monoisotopic (exact) mass is 419 g/mol. The Morgan fingerprint density at radius 2 is 1.94 bits per heavy atom. The Morgan fingerprint density at radius 3 is 2.58 bits per heavy atom. The number of pyridine rings is 1. The lowest BCUT2D eigenvalue weighted by Crippen LogP contribution is -2.18. The van der Waals surface area contributed by atoms with Gasteiger partial charge in [-0.25, -0.2) is 0 Å². The van der Waals surface area contributed by atoms with E-state index in [1.165, 1.54) is 32.2 Å². The lowest BCUT2D eigenvalue weighted by molar-refractivity contribution is -0.384. The average molecular weight is 419 g/mol. The van der Waals surface area contributed by atoms with Crippen LogP contribution in [0.25, 0.3) is 0 Å². The van der Waals surface area contributed by atoms with Crippen LogP contribution >= 0.6 is 0 Å². The van der Waals surface area contributed by atoms with Crippen molar-refractivity contribution in [1.29, 1.82) is 5.26 Å². The number of hydrogen-bond acceptors (Lipinski definition) is 8. The van der Waals surface area contributed by atoms with Crippen molar-refractivity contribution in [3.63, 3.8) is 0 Å². The fourth-order valence-electron chi connectivity index (χ4n) is 2.79. The molecule has 3 rings (SSSR count). The van der Waals surface area contributed by atoms with Crippen LogP contribution in [-0.4, -0.2) is 14.6 Å². The number of nitriles is 1. The summed E-state index contributed by atoms with van der Waals surface area (Å²) in [6, 6.07) is 15.2. The van der Waals surface area contributed by atoms with Gasteiger partial charge in [0.2, 0.25) is 5.88 Å². The molecule has 0 spiro atoms. The molecule has 0 atom stereocenters. The van der Waals surface area contributed by atoms with Gasteiger partial charge in [0.15, 0.2) is 11.4 Å². The summed E-state index contributed by atoms with van der Waals surface area (Å²) in [5, 5.41) is 38.3. The predicted octanol–water partition coefficient (Wildman–Crippen LogP) is 4.17. The van der Waals surface area contributed by atoms with E-state index in [9.17, 15) is 25.3 Å². The summed E-state index contributed by atoms with van der Waals surface area (Å²) in [5.74, 6) is -0.215. The molecule has 0 unspecified atom stereocenters. The molecular weight excluding hydrogens is 402 g/mol. The molecule has 0 aliphatic rings. The molecular formula is C21H17N5O5. The van der Waals surface area contributed by atoms with E-state index in [0.29, 0.717) is 0 Å². The van der Waals surface area contributed by atoms with Gasteiger partial charge >= 0.3 is 0 Å². The molecule has 0 fully saturated rings. The maximum absolute atomic E-state index is 12.4. The first-order valence-electron chi connectivity index (χ1n) is 9.03. The third-order valence-corrected chi connectivity index (χ3v) is 4.54. The van der Waals surface area contributed by atoms with Gasteiger partial charge in [-0.05, 0) is 24.6 Å². The fraction of sp³-hybridized carbons (Fsp3) is 0.143. The Balaban J connectivity index is 1.94. The Morgan fingerprint density at radius 1 is 1.23 bits per heavy atom. The van der Waals surface area contributed by atoms with Crippen LogP contribution in [0.2, 0.25) is 0 Å². The molecule has 31 heavy (non-hydrogen) atoms. The van der Waals surface area contributed by atoms with Gasteiger partial charge in [0.1, 0.15) is 24.0 Å². The van der Waals surface area contributed by atoms with Crippen molar-refractivity contribution in [2.24, 2.45) is 17.3 Å². The molecule has 0 amide bonds. The number of nitro groups is 1. The zero-order valence-corrected chi connectivity index (χ0v) is 16.6. The Kier molecular flexibility index (Phi) is 6.07. The summed E-state index contributed by atoms with van der Waals surface area (Å²) in [6.45, 7) is 1.67. The highest BCUT2D eigenvalue weighted by Crippen LogP contribution is 2.33. The van der Waals surface area contributed by atoms with Gasteiger partial charge in [0.25, 0.3) is 11.2 Å². The van der Waals surface area contributed by atoms with E-state index in [0.717, 1.165) is 10.1 Å². The smallest absolute Gasteiger partial charge is 0.300 e. The fourth-order valence-corrected chi connectivity index (χ4v) is 2.79. The van der Waals surface area contributed by atoms with Crippen LogP contribution in [-0.2, 0) is 13.7 Å². The van der Waals surface area contributed by atoms with E-state index < -0.39 is 16.4 Å². The number of hydrogen-bond donors (Lipinski definition) is 1. The van der Waals surface area contributed by atoms with E-state index in [4.69, 9.17) is 4.74 Å². The number of rotatable bonds is 6. The van der Waals surface area contributed by atoms with Crippen molar-refractivity contribution < 1.29 is 14.8 Å². The Bertz CT molecular complexity index is 1280. The molecule has 0 saturated heterocycles. The molecule has 1 aromatic heterocycles. The quantitative estimate of drug-likeness (QED) is 0.361. The van der Waals surface area contributed by atoms with E-state index in [-0.39, 0.29) is 40.5 Å². The van der Waals surface area contributed by atoms with Crippen LogP contribution in [0.15, 0.2) is 63.6 Å². The zero-order valence-electron chi connectivity index (χ0n) is 16.6. The molecule has 1 N–H and O–H groups in total. The largest absolute Gasteiger partial charge is 0.493 e. The molecule has 0 saturated carbocycles. The summed E-state index contributed by atoms with van der Waals surface area (Å²) in [7, 11) is 1.28. The van der Waals surface area contributed by atoms with E-state index in [1.807, 2.05) is 30.3 Å². The average Bonchev–Trinajstić information content (AvgIpc) is 2.77. The first-order chi connectivity index (χ1) is 14.8. The number of ether oxygens (including phenoxy) is 1. The van der Waals surface area contributed by atoms with Gasteiger partial charge in [-0.15, -0.1) is 10.2 Å². The van der Waals surface area contributed by atoms with Crippen molar-refractivity contribution in [2.75, 3.05) is 0 Å². The van der Waals surface area contributed by atoms with Gasteiger partial charge < -0.3 is 9.84 Å². The second-order valence-electron chi connectivity index (χ2n) is 6.53. The second-order valence-corrected chi connectivity index (χ2v) is 6.53. The summed E-state index contributed by atoms with van der Waals surface area (Å²) >= 11 is 0. The number of nitro benzene ring substituents is 1. The second kappa shape index (κ2) is 8.87. The summed E-state index contributed by atoms with van der Waals surface area (Å²) in [6.07, 6.45) is 0. The molecule has 10 heteroatoms. The van der Waals surface area contributed by atoms with Crippen molar-refractivity contribution >= 4 is 17.1 Å². The minimum atomic E-state index is -0.691. The zero-order chi connectivity index (χ0) is 22.5. The van der Waals surface area contributed by atoms with Gasteiger partial charge in [-0.2, -0.15) is 5.26 Å². The van der Waals surface area contributed by atoms with Crippen molar-refractivity contribution in [2.45, 2.75) is 13.5 Å². The van der Waals surface area contributed by atoms with Crippen molar-refractivity contribution in [3.8, 4) is 17.7 Å². The highest BCUT2D eigenvalue weighted by molar-refractivity contribution is 5.61. The molecule has 2 aromatic carbocycles. The molecule has 3 aromatic rings. The van der Waals surface area contributed by atoms with Crippen LogP contribution in [0.4, 0.5) is 17.1 Å². The van der Waals surface area contributed by atoms with E-state index >= 15 is 0 Å². The summed E-state index contributed by atoms with van der Waals surface area (Å²) < 4.78 is 6.46. The number of aromatic nitrogens is 1. The third kappa shape index (κ3) is 4.40. The summed E-state index contributed by atoms with van der Waals surface area (Å²) in [5.41, 5.74) is -0.444. The van der Waals surface area contributed by atoms with Crippen LogP contribution in [0.3, 0.4) is 0 Å². The third-order valence-electron chi connectivity index (χ3n) is 4.54. The summed E-state index contributed by atoms with van der Waals surface area (Å²) in [4.78, 5) is 23.2. The Labute approximate surface area is 176 Å². The van der Waals surface area contributed by atoms with E-state index in [2.05, 4.69) is 10.2 Å². The van der Waals surface area contributed by atoms with Crippen LogP contribution in [0.1, 0.15) is 16.7 Å². The number of benzene rings is 2. The topological polar surface area (TPSA) is 143 Å². The Hall–Kier alpha value is -4.52. The van der Waals surface area contributed by atoms with Gasteiger partial charge in [-0.3, -0.25) is 19.5 Å². The van der Waals surface area contributed by atoms with Crippen molar-refractivity contribution in [3.05, 3.63) is 85.7 Å². The van der Waals surface area contributed by atoms with Crippen LogP contribution in [0, 0.1) is 28.4 Å². The highest BCUT2D eigenvalue weighted by atomic mass is 16.6. The lowest BCUT2D eigenvalue weighted by Gasteiger charge is -2.08. The molecule has 0 aliphatic heterocycles. The SMILES string of the molecule is Cc1c(C#N)c(O)n(C)c(=O)c1N=Nc1ccc(OCc2ccccc2)cc1[N+](=O)[O-]. The first-order valence-corrected chi connectivity index (χ1v) is 9.03. The molecule has 0 bridgehead atoms. The molecule has 0 aliphatic carbocycles. The lowest BCUT2D eigenvalue weighted by atomic mass is 10.1. The maximum atomic E-state index is 12.4. The highest BCUT2D eigenvalue weighted by Gasteiger charge is 2.19. The van der Waals surface area contributed by atoms with Crippen molar-refractivity contribution in [1.82, 2.24) is 4.57 Å². The van der Waals surface area contributed by atoms with Gasteiger partial charge in [-0.1, -0.05) is 30.3 Å². The predicted molar refractivity (Wildman–Crippen MR) is 111 cm³/mol.